The number of benzene rings is 1. The number of hydrogen-bond acceptors (Lipinski definition) is 8. The fourth-order valence-corrected chi connectivity index (χ4v) is 1.82. The zero-order chi connectivity index (χ0) is 18.7. The third-order valence-electron chi connectivity index (χ3n) is 2.77. The molecule has 0 amide bonds. The van der Waals surface area contributed by atoms with Crippen molar-refractivity contribution < 1.29 is 28.8 Å². The molecule has 9 nitrogen and oxygen atoms in total. The Labute approximate surface area is 150 Å². The number of nitrogens with zero attached hydrogens (tertiary/aromatic N) is 1. The number of carbonyl (C=O) groups is 1. The summed E-state index contributed by atoms with van der Waals surface area (Å²) in [5.41, 5.74) is 3.20. The van der Waals surface area contributed by atoms with E-state index in [1.807, 2.05) is 0 Å². The summed E-state index contributed by atoms with van der Waals surface area (Å²) in [6, 6.07) is 3.09. The zero-order valence-corrected chi connectivity index (χ0v) is 15.0. The Morgan fingerprint density at radius 3 is 2.64 bits per heavy atom. The van der Waals surface area contributed by atoms with Gasteiger partial charge in [0.2, 0.25) is 5.75 Å². The van der Waals surface area contributed by atoms with E-state index in [1.165, 1.54) is 33.4 Å². The van der Waals surface area contributed by atoms with Gasteiger partial charge >= 0.3 is 5.97 Å². The van der Waals surface area contributed by atoms with Crippen LogP contribution in [-0.4, -0.2) is 56.6 Å². The van der Waals surface area contributed by atoms with Crippen molar-refractivity contribution in [3.63, 3.8) is 0 Å². The average Bonchev–Trinajstić information content (AvgIpc) is 2.58. The smallest absolute Gasteiger partial charge is 0.302 e. The van der Waals surface area contributed by atoms with E-state index in [0.29, 0.717) is 11.3 Å². The number of hydrogen-bond donors (Lipinski definition) is 3. The van der Waals surface area contributed by atoms with Gasteiger partial charge in [0.15, 0.2) is 16.6 Å². The van der Waals surface area contributed by atoms with Gasteiger partial charge in [-0.25, -0.2) is 0 Å². The number of phenolic OH excluding ortho intramolecular Hbond substituents is 1. The Morgan fingerprint density at radius 1 is 1.28 bits per heavy atom. The van der Waals surface area contributed by atoms with E-state index < -0.39 is 0 Å². The predicted molar refractivity (Wildman–Crippen MR) is 95.1 cm³/mol. The first-order valence-corrected chi connectivity index (χ1v) is 7.62. The third-order valence-corrected chi connectivity index (χ3v) is 3.00. The molecule has 1 aromatic rings. The maximum absolute atomic E-state index is 10.6. The second-order valence-corrected chi connectivity index (χ2v) is 4.92. The molecule has 0 spiro atoms. The zero-order valence-electron chi connectivity index (χ0n) is 14.2. The lowest BCUT2D eigenvalue weighted by Gasteiger charge is -2.11. The van der Waals surface area contributed by atoms with E-state index >= 15 is 0 Å². The van der Waals surface area contributed by atoms with Crippen molar-refractivity contribution in [1.29, 1.82) is 0 Å². The van der Waals surface area contributed by atoms with Crippen LogP contribution in [0.3, 0.4) is 0 Å². The van der Waals surface area contributed by atoms with Crippen LogP contribution in [0.1, 0.15) is 12.5 Å². The fourth-order valence-electron chi connectivity index (χ4n) is 1.71. The highest BCUT2D eigenvalue weighted by Gasteiger charge is 2.13. The van der Waals surface area contributed by atoms with Gasteiger partial charge in [-0.3, -0.25) is 10.2 Å². The molecule has 0 heterocycles. The first-order chi connectivity index (χ1) is 12.0. The molecule has 1 aromatic carbocycles. The summed E-state index contributed by atoms with van der Waals surface area (Å²) in [5.74, 6) is 0.172. The Bertz CT molecular complexity index is 624. The molecule has 0 atom stereocenters. The number of rotatable bonds is 9. The SMILES string of the molecule is COc1c(O)ccc(/C=N/NC(=S)NCOCCOC(C)=O)c1OC. The summed E-state index contributed by atoms with van der Waals surface area (Å²) >= 11 is 5.02. The lowest BCUT2D eigenvalue weighted by atomic mass is 10.2. The fraction of sp³-hybridized carbons (Fsp3) is 0.400. The third kappa shape index (κ3) is 7.23. The van der Waals surface area contributed by atoms with Crippen LogP contribution in [-0.2, 0) is 14.3 Å². The highest BCUT2D eigenvalue weighted by atomic mass is 32.1. The number of thiocarbonyl (C=S) groups is 1. The molecule has 0 saturated carbocycles. The number of phenols is 1. The number of ether oxygens (including phenoxy) is 4. The number of aromatic hydroxyl groups is 1. The maximum Gasteiger partial charge on any atom is 0.302 e. The molecular weight excluding hydrogens is 350 g/mol. The predicted octanol–water partition coefficient (Wildman–Crippen LogP) is 0.745. The van der Waals surface area contributed by atoms with Crippen LogP contribution in [0.25, 0.3) is 0 Å². The molecule has 0 fully saturated rings. The summed E-state index contributed by atoms with van der Waals surface area (Å²) in [6.07, 6.45) is 1.47. The van der Waals surface area contributed by atoms with Crippen molar-refractivity contribution in [3.05, 3.63) is 17.7 Å². The second-order valence-electron chi connectivity index (χ2n) is 4.51. The van der Waals surface area contributed by atoms with E-state index in [2.05, 4.69) is 15.8 Å². The molecule has 1 rings (SSSR count). The van der Waals surface area contributed by atoms with Gasteiger partial charge in [0.25, 0.3) is 0 Å². The van der Waals surface area contributed by atoms with Crippen molar-refractivity contribution in [2.45, 2.75) is 6.92 Å². The molecule has 0 unspecified atom stereocenters. The number of esters is 1. The number of hydrazone groups is 1. The van der Waals surface area contributed by atoms with Crippen molar-refractivity contribution in [2.24, 2.45) is 5.10 Å². The van der Waals surface area contributed by atoms with Crippen LogP contribution < -0.4 is 20.2 Å². The molecular formula is C15H21N3O6S. The number of carbonyl (C=O) groups excluding carboxylic acids is 1. The Balaban J connectivity index is 2.42. The molecule has 0 bridgehead atoms. The van der Waals surface area contributed by atoms with Gasteiger partial charge in [-0.15, -0.1) is 0 Å². The molecule has 0 aliphatic carbocycles. The molecule has 0 aliphatic rings. The van der Waals surface area contributed by atoms with Crippen LogP contribution in [0.5, 0.6) is 17.2 Å². The summed E-state index contributed by atoms with van der Waals surface area (Å²) in [6.45, 7) is 1.90. The highest BCUT2D eigenvalue weighted by Crippen LogP contribution is 2.38. The van der Waals surface area contributed by atoms with Crippen LogP contribution in [0, 0.1) is 0 Å². The summed E-state index contributed by atoms with van der Waals surface area (Å²) in [5, 5.41) is 16.7. The van der Waals surface area contributed by atoms with Crippen molar-refractivity contribution in [3.8, 4) is 17.2 Å². The standard InChI is InChI=1S/C15H21N3O6S/c1-10(19)24-7-6-23-9-16-15(25)18-17-8-11-4-5-12(20)14(22-3)13(11)21-2/h4-5,8,20H,6-7,9H2,1-3H3,(H2,16,18,25)/b17-8+. The van der Waals surface area contributed by atoms with Gasteiger partial charge in [-0.05, 0) is 24.4 Å². The van der Waals surface area contributed by atoms with E-state index in [-0.39, 0.29) is 42.5 Å². The molecule has 3 N–H and O–H groups in total. The maximum atomic E-state index is 10.6. The lowest BCUT2D eigenvalue weighted by molar-refractivity contribution is -0.142. The first kappa shape index (κ1) is 20.5. The van der Waals surface area contributed by atoms with Crippen LogP contribution in [0.2, 0.25) is 0 Å². The van der Waals surface area contributed by atoms with Crippen LogP contribution >= 0.6 is 12.2 Å². The normalized spacial score (nSPS) is 10.4. The monoisotopic (exact) mass is 371 g/mol. The average molecular weight is 371 g/mol. The van der Waals surface area contributed by atoms with Crippen molar-refractivity contribution >= 4 is 29.5 Å². The quantitative estimate of drug-likeness (QED) is 0.145. The molecule has 0 saturated heterocycles. The van der Waals surface area contributed by atoms with Gasteiger partial charge in [0, 0.05) is 12.5 Å². The highest BCUT2D eigenvalue weighted by molar-refractivity contribution is 7.80. The van der Waals surface area contributed by atoms with Gasteiger partial charge < -0.3 is 29.4 Å². The molecule has 0 aromatic heterocycles. The van der Waals surface area contributed by atoms with Crippen molar-refractivity contribution in [1.82, 2.24) is 10.7 Å². The van der Waals surface area contributed by atoms with E-state index in [9.17, 15) is 9.90 Å². The Hall–Kier alpha value is -2.59. The van der Waals surface area contributed by atoms with Crippen molar-refractivity contribution in [2.75, 3.05) is 34.2 Å². The van der Waals surface area contributed by atoms with Crippen LogP contribution in [0.15, 0.2) is 17.2 Å². The lowest BCUT2D eigenvalue weighted by Crippen LogP contribution is -2.34. The Morgan fingerprint density at radius 2 is 2.00 bits per heavy atom. The largest absolute Gasteiger partial charge is 0.504 e. The van der Waals surface area contributed by atoms with Gasteiger partial charge in [0.05, 0.1) is 27.0 Å². The summed E-state index contributed by atoms with van der Waals surface area (Å²) in [4.78, 5) is 10.6. The first-order valence-electron chi connectivity index (χ1n) is 7.21. The van der Waals surface area contributed by atoms with Gasteiger partial charge in [-0.2, -0.15) is 5.10 Å². The van der Waals surface area contributed by atoms with E-state index in [4.69, 9.17) is 31.2 Å². The van der Waals surface area contributed by atoms with E-state index in [1.54, 1.807) is 6.07 Å². The molecule has 10 heteroatoms. The number of methoxy groups -OCH3 is 2. The summed E-state index contributed by atoms with van der Waals surface area (Å²) in [7, 11) is 2.89. The van der Waals surface area contributed by atoms with Crippen LogP contribution in [0.4, 0.5) is 0 Å². The minimum Gasteiger partial charge on any atom is -0.504 e. The molecule has 25 heavy (non-hydrogen) atoms. The molecule has 0 radical (unpaired) electrons. The topological polar surface area (TPSA) is 111 Å². The van der Waals surface area contributed by atoms with E-state index in [0.717, 1.165) is 0 Å². The Kier molecular flexibility index (Phi) is 9.04. The van der Waals surface area contributed by atoms with Gasteiger partial charge in [-0.1, -0.05) is 0 Å². The second kappa shape index (κ2) is 11.0. The summed E-state index contributed by atoms with van der Waals surface area (Å²) < 4.78 is 20.2. The minimum absolute atomic E-state index is 0.0347. The number of nitrogens with one attached hydrogen (secondary N) is 2. The molecule has 138 valence electrons. The minimum atomic E-state index is -0.357. The molecule has 0 aliphatic heterocycles. The van der Waals surface area contributed by atoms with Gasteiger partial charge in [0.1, 0.15) is 13.3 Å².